The van der Waals surface area contributed by atoms with Crippen molar-refractivity contribution in [2.45, 2.75) is 47.0 Å². The van der Waals surface area contributed by atoms with E-state index in [0.717, 1.165) is 40.9 Å². The van der Waals surface area contributed by atoms with Gasteiger partial charge in [0, 0.05) is 23.7 Å². The number of hydrogen-bond donors (Lipinski definition) is 0. The molecule has 0 radical (unpaired) electrons. The van der Waals surface area contributed by atoms with Crippen molar-refractivity contribution in [3.8, 4) is 6.07 Å². The van der Waals surface area contributed by atoms with Gasteiger partial charge in [-0.15, -0.1) is 0 Å². The number of para-hydroxylation sites is 1. The van der Waals surface area contributed by atoms with Crippen molar-refractivity contribution in [2.75, 3.05) is 0 Å². The van der Waals surface area contributed by atoms with Gasteiger partial charge < -0.3 is 14.5 Å². The third-order valence-corrected chi connectivity index (χ3v) is 7.45. The minimum atomic E-state index is -1.16. The van der Waals surface area contributed by atoms with Gasteiger partial charge in [-0.1, -0.05) is 45.4 Å². The van der Waals surface area contributed by atoms with E-state index in [0.29, 0.717) is 23.0 Å². The Hall–Kier alpha value is -3.39. The topological polar surface area (TPSA) is 81.7 Å². The predicted molar refractivity (Wildman–Crippen MR) is 125 cm³/mol. The minimum Gasteiger partial charge on any atom is -0.545 e. The van der Waals surface area contributed by atoms with E-state index in [1.807, 2.05) is 48.9 Å². The van der Waals surface area contributed by atoms with Crippen LogP contribution in [0.4, 0.5) is 0 Å². The summed E-state index contributed by atoms with van der Waals surface area (Å²) in [4.78, 5) is 17.2. The van der Waals surface area contributed by atoms with Crippen LogP contribution in [-0.2, 0) is 13.5 Å². The molecule has 4 rings (SSSR count). The molecule has 2 heterocycles. The molecule has 1 aliphatic carbocycles. The van der Waals surface area contributed by atoms with Crippen LogP contribution in [0.5, 0.6) is 0 Å². The number of aromatic nitrogens is 2. The van der Waals surface area contributed by atoms with Crippen molar-refractivity contribution < 1.29 is 9.90 Å². The highest BCUT2D eigenvalue weighted by Crippen LogP contribution is 2.46. The molecule has 2 aromatic heterocycles. The number of allylic oxidation sites excluding steroid dienone is 1. The smallest absolute Gasteiger partial charge is 0.120 e. The lowest BCUT2D eigenvalue weighted by Crippen LogP contribution is -2.32. The summed E-state index contributed by atoms with van der Waals surface area (Å²) >= 11 is 0. The summed E-state index contributed by atoms with van der Waals surface area (Å²) in [5.74, 6) is -0.886. The van der Waals surface area contributed by atoms with E-state index >= 15 is 0 Å². The first-order valence-electron chi connectivity index (χ1n) is 11.1. The summed E-state index contributed by atoms with van der Waals surface area (Å²) in [5.41, 5.74) is 6.03. The zero-order valence-corrected chi connectivity index (χ0v) is 19.3. The number of carboxylic acid groups (broad SMARTS) is 1. The van der Waals surface area contributed by atoms with Gasteiger partial charge >= 0.3 is 0 Å². The molecule has 164 valence electrons. The molecule has 1 atom stereocenters. The van der Waals surface area contributed by atoms with Gasteiger partial charge in [-0.25, -0.2) is 4.98 Å². The number of pyridine rings is 1. The molecule has 5 nitrogen and oxygen atoms in total. The van der Waals surface area contributed by atoms with Gasteiger partial charge in [0.1, 0.15) is 11.8 Å². The summed E-state index contributed by atoms with van der Waals surface area (Å²) in [7, 11) is 1.88. The average molecular weight is 427 g/mol. The first-order valence-corrected chi connectivity index (χ1v) is 11.1. The van der Waals surface area contributed by atoms with Crippen LogP contribution < -0.4 is 5.11 Å². The predicted octanol–water partition coefficient (Wildman–Crippen LogP) is 4.66. The highest BCUT2D eigenvalue weighted by Gasteiger charge is 2.35. The Balaban J connectivity index is 2.02. The van der Waals surface area contributed by atoms with Crippen LogP contribution in [0.25, 0.3) is 22.6 Å². The monoisotopic (exact) mass is 426 g/mol. The van der Waals surface area contributed by atoms with Crippen LogP contribution in [-0.4, -0.2) is 15.5 Å². The van der Waals surface area contributed by atoms with E-state index in [-0.39, 0.29) is 16.9 Å². The Morgan fingerprint density at radius 1 is 1.34 bits per heavy atom. The lowest BCUT2D eigenvalue weighted by Gasteiger charge is -2.39. The molecule has 32 heavy (non-hydrogen) atoms. The highest BCUT2D eigenvalue weighted by molar-refractivity contribution is 6.05. The fourth-order valence-electron chi connectivity index (χ4n) is 4.76. The molecule has 0 saturated heterocycles. The van der Waals surface area contributed by atoms with Crippen LogP contribution in [0.3, 0.4) is 0 Å². The van der Waals surface area contributed by atoms with Crippen molar-refractivity contribution in [1.29, 1.82) is 5.26 Å². The Bertz CT molecular complexity index is 1300. The standard InChI is InChI=1S/C27H29N3O2/c1-6-27(3,4)19-12-18(11-17-13-20(15-28)30(5)16(17)2)25-22(14-19)24(26(31)32)21-9-7-8-10-23(21)29-25/h7-11,13,19H,6,12,14H2,1-5H3,(H,31,32)/p-1/b18-11-/t19-/m0/s1. The average Bonchev–Trinajstić information content (AvgIpc) is 3.05. The Labute approximate surface area is 189 Å². The second kappa shape index (κ2) is 7.94. The van der Waals surface area contributed by atoms with Crippen LogP contribution in [0.1, 0.15) is 72.2 Å². The third kappa shape index (κ3) is 3.50. The fourth-order valence-corrected chi connectivity index (χ4v) is 4.76. The van der Waals surface area contributed by atoms with Gasteiger partial charge in [0.25, 0.3) is 0 Å². The summed E-state index contributed by atoms with van der Waals surface area (Å²) in [6.07, 6.45) is 4.55. The van der Waals surface area contributed by atoms with Crippen LogP contribution in [0, 0.1) is 29.6 Å². The number of rotatable bonds is 4. The largest absolute Gasteiger partial charge is 0.545 e. The number of hydrogen-bond acceptors (Lipinski definition) is 4. The maximum atomic E-state index is 12.3. The Morgan fingerprint density at radius 2 is 2.06 bits per heavy atom. The Morgan fingerprint density at radius 3 is 2.69 bits per heavy atom. The van der Waals surface area contributed by atoms with E-state index in [4.69, 9.17) is 4.98 Å². The van der Waals surface area contributed by atoms with Gasteiger partial charge in [0.15, 0.2) is 0 Å². The molecule has 0 unspecified atom stereocenters. The summed E-state index contributed by atoms with van der Waals surface area (Å²) in [6.45, 7) is 8.66. The number of nitriles is 1. The maximum Gasteiger partial charge on any atom is 0.120 e. The summed E-state index contributed by atoms with van der Waals surface area (Å²) in [6, 6.07) is 11.5. The van der Waals surface area contributed by atoms with Crippen LogP contribution >= 0.6 is 0 Å². The van der Waals surface area contributed by atoms with E-state index in [2.05, 4.69) is 32.9 Å². The van der Waals surface area contributed by atoms with Gasteiger partial charge in [0.2, 0.25) is 0 Å². The number of carbonyl (C=O) groups is 1. The van der Waals surface area contributed by atoms with Gasteiger partial charge in [-0.3, -0.25) is 0 Å². The zero-order valence-electron chi connectivity index (χ0n) is 19.3. The number of carbonyl (C=O) groups excluding carboxylic acids is 1. The molecule has 1 aromatic carbocycles. The number of carboxylic acids is 1. The molecule has 0 spiro atoms. The number of aromatic carboxylic acids is 1. The second-order valence-corrected chi connectivity index (χ2v) is 9.48. The molecule has 0 fully saturated rings. The van der Waals surface area contributed by atoms with E-state index in [1.54, 1.807) is 0 Å². The summed E-state index contributed by atoms with van der Waals surface area (Å²) < 4.78 is 1.88. The van der Waals surface area contributed by atoms with Gasteiger partial charge in [-0.05, 0) is 66.0 Å². The van der Waals surface area contributed by atoms with Crippen molar-refractivity contribution in [3.05, 3.63) is 64.1 Å². The molecule has 0 bridgehead atoms. The van der Waals surface area contributed by atoms with Crippen molar-refractivity contribution in [3.63, 3.8) is 0 Å². The molecule has 1 aliphatic rings. The van der Waals surface area contributed by atoms with E-state index < -0.39 is 5.97 Å². The second-order valence-electron chi connectivity index (χ2n) is 9.48. The lowest BCUT2D eigenvalue weighted by molar-refractivity contribution is -0.254. The first kappa shape index (κ1) is 21.8. The number of nitrogens with zero attached hydrogens (tertiary/aromatic N) is 3. The van der Waals surface area contributed by atoms with Crippen molar-refractivity contribution >= 4 is 28.5 Å². The highest BCUT2D eigenvalue weighted by atomic mass is 16.4. The Kier molecular flexibility index (Phi) is 5.42. The molecule has 0 N–H and O–H groups in total. The number of benzene rings is 1. The zero-order chi connectivity index (χ0) is 23.2. The molecule has 0 aliphatic heterocycles. The molecular weight excluding hydrogens is 398 g/mol. The fraction of sp³-hybridized carbons (Fsp3) is 0.370. The molecule has 0 saturated carbocycles. The van der Waals surface area contributed by atoms with Gasteiger partial charge in [0.05, 0.1) is 17.2 Å². The maximum absolute atomic E-state index is 12.3. The SMILES string of the molecule is CCC(C)(C)[C@H]1C/C(=C/c2cc(C#N)n(C)c2C)c2nc3ccccc3c(C(=O)[O-])c2C1. The third-order valence-electron chi connectivity index (χ3n) is 7.45. The molecule has 5 heteroatoms. The first-order chi connectivity index (χ1) is 15.2. The van der Waals surface area contributed by atoms with Crippen molar-refractivity contribution in [2.24, 2.45) is 18.4 Å². The quantitative estimate of drug-likeness (QED) is 0.608. The number of fused-ring (bicyclic) bond motifs is 2. The van der Waals surface area contributed by atoms with Gasteiger partial charge in [-0.2, -0.15) is 5.26 Å². The lowest BCUT2D eigenvalue weighted by atomic mass is 9.67. The van der Waals surface area contributed by atoms with E-state index in [1.165, 1.54) is 0 Å². The van der Waals surface area contributed by atoms with Crippen LogP contribution in [0.2, 0.25) is 0 Å². The van der Waals surface area contributed by atoms with Crippen molar-refractivity contribution in [1.82, 2.24) is 9.55 Å². The van der Waals surface area contributed by atoms with Crippen LogP contribution in [0.15, 0.2) is 30.3 Å². The minimum absolute atomic E-state index is 0.0369. The molecular formula is C27H28N3O2-. The van der Waals surface area contributed by atoms with E-state index in [9.17, 15) is 15.2 Å². The normalized spacial score (nSPS) is 17.4. The molecule has 3 aromatic rings. The summed E-state index contributed by atoms with van der Waals surface area (Å²) in [5, 5.41) is 22.4. The molecule has 0 amide bonds.